The van der Waals surface area contributed by atoms with Crippen molar-refractivity contribution < 1.29 is 12.8 Å². The smallest absolute Gasteiger partial charge is 0.207 e. The molecule has 2 N–H and O–H groups in total. The maximum atomic E-state index is 13.3. The van der Waals surface area contributed by atoms with Crippen molar-refractivity contribution in [1.82, 2.24) is 9.44 Å². The molecule has 1 aromatic carbocycles. The summed E-state index contributed by atoms with van der Waals surface area (Å²) >= 11 is 1.47. The standard InChI is InChI=1S/C12H13FN2O2S2/c13-12-6-2-1-4-10(12)8-14-19(16,17)15-9-11-5-3-7-18-11/h1-7,14-15H,8-9H2. The van der Waals surface area contributed by atoms with E-state index in [2.05, 4.69) is 9.44 Å². The molecule has 2 aromatic rings. The molecule has 0 spiro atoms. The lowest BCUT2D eigenvalue weighted by Crippen LogP contribution is -2.35. The van der Waals surface area contributed by atoms with Gasteiger partial charge in [0.15, 0.2) is 0 Å². The molecule has 0 amide bonds. The molecule has 1 aromatic heterocycles. The first-order valence-electron chi connectivity index (χ1n) is 5.57. The lowest BCUT2D eigenvalue weighted by Gasteiger charge is -2.08. The largest absolute Gasteiger partial charge is 0.277 e. The van der Waals surface area contributed by atoms with Gasteiger partial charge < -0.3 is 0 Å². The summed E-state index contributed by atoms with van der Waals surface area (Å²) in [4.78, 5) is 0.913. The van der Waals surface area contributed by atoms with E-state index in [1.165, 1.54) is 23.5 Å². The number of hydrogen-bond donors (Lipinski definition) is 2. The minimum absolute atomic E-state index is 0.0769. The third kappa shape index (κ3) is 4.39. The normalized spacial score (nSPS) is 11.6. The van der Waals surface area contributed by atoms with E-state index in [1.54, 1.807) is 12.1 Å². The molecule has 19 heavy (non-hydrogen) atoms. The van der Waals surface area contributed by atoms with Crippen LogP contribution >= 0.6 is 11.3 Å². The molecule has 2 rings (SSSR count). The Bertz CT molecular complexity index is 627. The van der Waals surface area contributed by atoms with Gasteiger partial charge in [-0.25, -0.2) is 4.39 Å². The van der Waals surface area contributed by atoms with Crippen LogP contribution in [0.1, 0.15) is 10.4 Å². The van der Waals surface area contributed by atoms with Crippen LogP contribution in [0.3, 0.4) is 0 Å². The maximum Gasteiger partial charge on any atom is 0.277 e. The summed E-state index contributed by atoms with van der Waals surface area (Å²) in [5.74, 6) is -0.427. The van der Waals surface area contributed by atoms with Crippen molar-refractivity contribution in [1.29, 1.82) is 0 Å². The van der Waals surface area contributed by atoms with Gasteiger partial charge in [-0.1, -0.05) is 24.3 Å². The summed E-state index contributed by atoms with van der Waals surface area (Å²) in [5, 5.41) is 1.87. The van der Waals surface area contributed by atoms with Gasteiger partial charge in [0.2, 0.25) is 0 Å². The molecule has 0 aliphatic carbocycles. The zero-order valence-electron chi connectivity index (χ0n) is 9.97. The molecule has 102 valence electrons. The molecule has 0 saturated heterocycles. The molecule has 0 aliphatic heterocycles. The van der Waals surface area contributed by atoms with E-state index in [9.17, 15) is 12.8 Å². The summed E-state index contributed by atoms with van der Waals surface area (Å²) in [6, 6.07) is 9.74. The van der Waals surface area contributed by atoms with E-state index in [0.717, 1.165) is 4.88 Å². The zero-order valence-corrected chi connectivity index (χ0v) is 11.6. The molecule has 0 radical (unpaired) electrons. The Balaban J connectivity index is 1.89. The first kappa shape index (κ1) is 14.1. The zero-order chi connectivity index (χ0) is 13.7. The number of thiophene rings is 1. The van der Waals surface area contributed by atoms with Gasteiger partial charge in [-0.15, -0.1) is 11.3 Å². The first-order chi connectivity index (χ1) is 9.07. The van der Waals surface area contributed by atoms with Crippen LogP contribution in [0.5, 0.6) is 0 Å². The number of nitrogens with one attached hydrogen (secondary N) is 2. The van der Waals surface area contributed by atoms with E-state index in [0.29, 0.717) is 5.56 Å². The van der Waals surface area contributed by atoms with Crippen LogP contribution in [-0.4, -0.2) is 8.42 Å². The number of rotatable bonds is 6. The lowest BCUT2D eigenvalue weighted by atomic mass is 10.2. The topological polar surface area (TPSA) is 58.2 Å². The van der Waals surface area contributed by atoms with Gasteiger partial charge in [-0.2, -0.15) is 17.9 Å². The predicted molar refractivity (Wildman–Crippen MR) is 73.3 cm³/mol. The summed E-state index contributed by atoms with van der Waals surface area (Å²) in [6.45, 7) is 0.150. The first-order valence-corrected chi connectivity index (χ1v) is 7.93. The van der Waals surface area contributed by atoms with Crippen LogP contribution in [-0.2, 0) is 23.3 Å². The third-order valence-electron chi connectivity index (χ3n) is 2.43. The van der Waals surface area contributed by atoms with Crippen molar-refractivity contribution in [3.8, 4) is 0 Å². The van der Waals surface area contributed by atoms with Crippen molar-refractivity contribution in [2.24, 2.45) is 0 Å². The SMILES string of the molecule is O=S(=O)(NCc1cccs1)NCc1ccccc1F. The highest BCUT2D eigenvalue weighted by molar-refractivity contribution is 7.87. The highest BCUT2D eigenvalue weighted by Gasteiger charge is 2.10. The lowest BCUT2D eigenvalue weighted by molar-refractivity contribution is 0.561. The van der Waals surface area contributed by atoms with E-state index in [-0.39, 0.29) is 13.1 Å². The van der Waals surface area contributed by atoms with Crippen LogP contribution in [0.25, 0.3) is 0 Å². The molecular formula is C12H13FN2O2S2. The van der Waals surface area contributed by atoms with Crippen molar-refractivity contribution in [2.75, 3.05) is 0 Å². The molecule has 0 fully saturated rings. The average Bonchev–Trinajstić information content (AvgIpc) is 2.89. The van der Waals surface area contributed by atoms with Crippen LogP contribution in [0.2, 0.25) is 0 Å². The monoisotopic (exact) mass is 300 g/mol. The van der Waals surface area contributed by atoms with Crippen molar-refractivity contribution in [2.45, 2.75) is 13.1 Å². The van der Waals surface area contributed by atoms with Crippen LogP contribution in [0.4, 0.5) is 4.39 Å². The molecule has 4 nitrogen and oxygen atoms in total. The molecule has 0 saturated carbocycles. The van der Waals surface area contributed by atoms with Crippen molar-refractivity contribution in [3.05, 3.63) is 58.0 Å². The van der Waals surface area contributed by atoms with E-state index in [1.807, 2.05) is 17.5 Å². The summed E-state index contributed by atoms with van der Waals surface area (Å²) in [6.07, 6.45) is 0. The van der Waals surface area contributed by atoms with Gasteiger partial charge in [0.25, 0.3) is 10.2 Å². The Hall–Kier alpha value is -1.28. The van der Waals surface area contributed by atoms with Crippen LogP contribution in [0, 0.1) is 5.82 Å². The Morgan fingerprint density at radius 3 is 2.47 bits per heavy atom. The van der Waals surface area contributed by atoms with Gasteiger partial charge in [0.05, 0.1) is 0 Å². The van der Waals surface area contributed by atoms with Gasteiger partial charge in [0.1, 0.15) is 5.82 Å². The van der Waals surface area contributed by atoms with Gasteiger partial charge in [-0.3, -0.25) is 0 Å². The quantitative estimate of drug-likeness (QED) is 0.857. The Morgan fingerprint density at radius 1 is 1.05 bits per heavy atom. The molecule has 0 aliphatic rings. The fraction of sp³-hybridized carbons (Fsp3) is 0.167. The second-order valence-electron chi connectivity index (χ2n) is 3.82. The van der Waals surface area contributed by atoms with E-state index >= 15 is 0 Å². The van der Waals surface area contributed by atoms with Gasteiger partial charge in [-0.05, 0) is 17.5 Å². The Morgan fingerprint density at radius 2 is 1.79 bits per heavy atom. The molecular weight excluding hydrogens is 287 g/mol. The number of hydrogen-bond acceptors (Lipinski definition) is 3. The minimum atomic E-state index is -3.63. The van der Waals surface area contributed by atoms with Gasteiger partial charge in [0, 0.05) is 23.5 Å². The average molecular weight is 300 g/mol. The summed E-state index contributed by atoms with van der Waals surface area (Å²) in [5.41, 5.74) is 0.309. The number of benzene rings is 1. The van der Waals surface area contributed by atoms with Crippen LogP contribution < -0.4 is 9.44 Å². The molecule has 7 heteroatoms. The predicted octanol–water partition coefficient (Wildman–Crippen LogP) is 2.01. The Labute approximate surface area is 115 Å². The van der Waals surface area contributed by atoms with Crippen molar-refractivity contribution >= 4 is 21.5 Å². The molecule has 1 heterocycles. The van der Waals surface area contributed by atoms with Crippen LogP contribution in [0.15, 0.2) is 41.8 Å². The Kier molecular flexibility index (Phi) is 4.65. The summed E-state index contributed by atoms with van der Waals surface area (Å²) in [7, 11) is -3.63. The third-order valence-corrected chi connectivity index (χ3v) is 4.35. The highest BCUT2D eigenvalue weighted by atomic mass is 32.2. The molecule has 0 unspecified atom stereocenters. The number of halogens is 1. The summed E-state index contributed by atoms with van der Waals surface area (Å²) < 4.78 is 41.4. The van der Waals surface area contributed by atoms with Crippen molar-refractivity contribution in [3.63, 3.8) is 0 Å². The molecule has 0 atom stereocenters. The van der Waals surface area contributed by atoms with E-state index in [4.69, 9.17) is 0 Å². The highest BCUT2D eigenvalue weighted by Crippen LogP contribution is 2.08. The minimum Gasteiger partial charge on any atom is -0.207 e. The maximum absolute atomic E-state index is 13.3. The second kappa shape index (κ2) is 6.25. The second-order valence-corrected chi connectivity index (χ2v) is 6.43. The fourth-order valence-electron chi connectivity index (χ4n) is 1.44. The van der Waals surface area contributed by atoms with E-state index < -0.39 is 16.0 Å². The van der Waals surface area contributed by atoms with Gasteiger partial charge >= 0.3 is 0 Å². The fourth-order valence-corrected chi connectivity index (χ4v) is 2.97. The molecule has 0 bridgehead atoms.